The van der Waals surface area contributed by atoms with Gasteiger partial charge in [-0.25, -0.2) is 9.50 Å². The Balaban J connectivity index is 1.67. The van der Waals surface area contributed by atoms with Gasteiger partial charge >= 0.3 is 0 Å². The number of fused-ring (bicyclic) bond motifs is 2. The lowest BCUT2D eigenvalue weighted by atomic mass is 10.1. The zero-order chi connectivity index (χ0) is 18.3. The fourth-order valence-electron chi connectivity index (χ4n) is 3.23. The molecular formula is C19H19N5O2. The fraction of sp³-hybridized carbons (Fsp3) is 0.211. The van der Waals surface area contributed by atoms with Crippen LogP contribution in [0.15, 0.2) is 42.9 Å². The van der Waals surface area contributed by atoms with E-state index in [1.54, 1.807) is 24.0 Å². The average molecular weight is 349 g/mol. The van der Waals surface area contributed by atoms with Crippen molar-refractivity contribution in [3.8, 4) is 5.75 Å². The number of amides is 1. The molecule has 0 radical (unpaired) electrons. The first-order valence-corrected chi connectivity index (χ1v) is 8.28. The van der Waals surface area contributed by atoms with Crippen LogP contribution in [0.4, 0.5) is 0 Å². The zero-order valence-corrected chi connectivity index (χ0v) is 14.9. The van der Waals surface area contributed by atoms with Crippen molar-refractivity contribution < 1.29 is 9.53 Å². The average Bonchev–Trinajstić information content (AvgIpc) is 3.19. The molecule has 3 heterocycles. The SMILES string of the molecule is COc1ccc2c(c1)c(C(=O)NCc1cnn3cccnc13)c(C)n2C. The summed E-state index contributed by atoms with van der Waals surface area (Å²) < 4.78 is 9.02. The molecule has 132 valence electrons. The van der Waals surface area contributed by atoms with Gasteiger partial charge in [-0.15, -0.1) is 0 Å². The van der Waals surface area contributed by atoms with Crippen LogP contribution in [0.3, 0.4) is 0 Å². The Morgan fingerprint density at radius 1 is 1.35 bits per heavy atom. The van der Waals surface area contributed by atoms with Crippen molar-refractivity contribution in [1.29, 1.82) is 0 Å². The zero-order valence-electron chi connectivity index (χ0n) is 14.9. The highest BCUT2D eigenvalue weighted by Crippen LogP contribution is 2.28. The van der Waals surface area contributed by atoms with E-state index >= 15 is 0 Å². The summed E-state index contributed by atoms with van der Waals surface area (Å²) in [5, 5.41) is 8.11. The molecule has 0 atom stereocenters. The first-order valence-electron chi connectivity index (χ1n) is 8.28. The highest BCUT2D eigenvalue weighted by Gasteiger charge is 2.19. The van der Waals surface area contributed by atoms with Gasteiger partial charge < -0.3 is 14.6 Å². The number of nitrogens with one attached hydrogen (secondary N) is 1. The van der Waals surface area contributed by atoms with Crippen LogP contribution in [0.1, 0.15) is 21.6 Å². The number of hydrogen-bond donors (Lipinski definition) is 1. The van der Waals surface area contributed by atoms with Gasteiger partial charge in [0.2, 0.25) is 0 Å². The van der Waals surface area contributed by atoms with E-state index < -0.39 is 0 Å². The van der Waals surface area contributed by atoms with Gasteiger partial charge in [0, 0.05) is 48.1 Å². The molecule has 4 rings (SSSR count). The van der Waals surface area contributed by atoms with Gasteiger partial charge in [-0.1, -0.05) is 0 Å². The van der Waals surface area contributed by atoms with E-state index in [-0.39, 0.29) is 5.91 Å². The molecule has 7 nitrogen and oxygen atoms in total. The monoisotopic (exact) mass is 349 g/mol. The van der Waals surface area contributed by atoms with Crippen molar-refractivity contribution in [2.75, 3.05) is 7.11 Å². The van der Waals surface area contributed by atoms with Gasteiger partial charge in [0.05, 0.1) is 18.9 Å². The van der Waals surface area contributed by atoms with Crippen LogP contribution in [0, 0.1) is 6.92 Å². The molecule has 0 saturated heterocycles. The van der Waals surface area contributed by atoms with Gasteiger partial charge in [0.25, 0.3) is 5.91 Å². The Morgan fingerprint density at radius 2 is 2.19 bits per heavy atom. The van der Waals surface area contributed by atoms with Crippen molar-refractivity contribution in [3.05, 3.63) is 59.7 Å². The van der Waals surface area contributed by atoms with Gasteiger partial charge in [0.1, 0.15) is 5.75 Å². The van der Waals surface area contributed by atoms with E-state index in [2.05, 4.69) is 15.4 Å². The second-order valence-corrected chi connectivity index (χ2v) is 6.14. The van der Waals surface area contributed by atoms with E-state index in [0.29, 0.717) is 12.1 Å². The summed E-state index contributed by atoms with van der Waals surface area (Å²) in [6, 6.07) is 7.57. The molecule has 0 aliphatic rings. The van der Waals surface area contributed by atoms with E-state index in [4.69, 9.17) is 4.74 Å². The predicted octanol–water partition coefficient (Wildman–Crippen LogP) is 2.47. The minimum Gasteiger partial charge on any atom is -0.497 e. The van der Waals surface area contributed by atoms with E-state index in [1.807, 2.05) is 49.0 Å². The third-order valence-electron chi connectivity index (χ3n) is 4.72. The summed E-state index contributed by atoms with van der Waals surface area (Å²) in [6.07, 6.45) is 5.26. The molecule has 0 unspecified atom stereocenters. The number of nitrogens with zero attached hydrogens (tertiary/aromatic N) is 4. The molecule has 1 N–H and O–H groups in total. The first-order chi connectivity index (χ1) is 12.6. The number of aromatic nitrogens is 4. The number of methoxy groups -OCH3 is 1. The minimum atomic E-state index is -0.128. The Hall–Kier alpha value is -3.35. The number of aryl methyl sites for hydroxylation is 1. The standard InChI is InChI=1S/C19H19N5O2/c1-12-17(15-9-14(26-3)5-6-16(15)23(12)2)19(25)21-10-13-11-22-24-8-4-7-20-18(13)24/h4-9,11H,10H2,1-3H3,(H,21,25). The molecule has 3 aromatic heterocycles. The van der Waals surface area contributed by atoms with Crippen LogP contribution in [-0.4, -0.2) is 32.2 Å². The summed E-state index contributed by atoms with van der Waals surface area (Å²) in [6.45, 7) is 2.30. The topological polar surface area (TPSA) is 73.4 Å². The van der Waals surface area contributed by atoms with Crippen LogP contribution in [0.2, 0.25) is 0 Å². The van der Waals surface area contributed by atoms with Crippen LogP contribution in [0.5, 0.6) is 5.75 Å². The minimum absolute atomic E-state index is 0.128. The van der Waals surface area contributed by atoms with Crippen LogP contribution >= 0.6 is 0 Å². The first kappa shape index (κ1) is 16.1. The Labute approximate surface area is 150 Å². The highest BCUT2D eigenvalue weighted by molar-refractivity contribution is 6.08. The van der Waals surface area contributed by atoms with Crippen LogP contribution in [-0.2, 0) is 13.6 Å². The summed E-state index contributed by atoms with van der Waals surface area (Å²) in [5.74, 6) is 0.598. The molecular weight excluding hydrogens is 330 g/mol. The summed E-state index contributed by atoms with van der Waals surface area (Å²) in [5.41, 5.74) is 4.17. The molecule has 0 fully saturated rings. The number of benzene rings is 1. The molecule has 1 amide bonds. The van der Waals surface area contributed by atoms with Crippen molar-refractivity contribution in [2.45, 2.75) is 13.5 Å². The Morgan fingerprint density at radius 3 is 3.00 bits per heavy atom. The maximum absolute atomic E-state index is 12.9. The van der Waals surface area contributed by atoms with E-state index in [9.17, 15) is 4.79 Å². The number of hydrogen-bond acceptors (Lipinski definition) is 4. The lowest BCUT2D eigenvalue weighted by molar-refractivity contribution is 0.0952. The number of rotatable bonds is 4. The van der Waals surface area contributed by atoms with Crippen molar-refractivity contribution >= 4 is 22.5 Å². The summed E-state index contributed by atoms with van der Waals surface area (Å²) in [7, 11) is 3.57. The second-order valence-electron chi connectivity index (χ2n) is 6.14. The molecule has 1 aromatic carbocycles. The lowest BCUT2D eigenvalue weighted by Crippen LogP contribution is -2.23. The summed E-state index contributed by atoms with van der Waals surface area (Å²) >= 11 is 0. The predicted molar refractivity (Wildman–Crippen MR) is 98.4 cm³/mol. The normalized spacial score (nSPS) is 11.2. The largest absolute Gasteiger partial charge is 0.497 e. The van der Waals surface area contributed by atoms with Gasteiger partial charge in [-0.3, -0.25) is 4.79 Å². The van der Waals surface area contributed by atoms with Crippen LogP contribution in [0.25, 0.3) is 16.6 Å². The quantitative estimate of drug-likeness (QED) is 0.614. The maximum Gasteiger partial charge on any atom is 0.254 e. The molecule has 26 heavy (non-hydrogen) atoms. The Bertz CT molecular complexity index is 1130. The number of carbonyl (C=O) groups excluding carboxylic acids is 1. The molecule has 0 aliphatic carbocycles. The van der Waals surface area contributed by atoms with Crippen LogP contribution < -0.4 is 10.1 Å². The van der Waals surface area contributed by atoms with Gasteiger partial charge in [0.15, 0.2) is 5.65 Å². The lowest BCUT2D eigenvalue weighted by Gasteiger charge is -2.05. The highest BCUT2D eigenvalue weighted by atomic mass is 16.5. The van der Waals surface area contributed by atoms with E-state index in [0.717, 1.165) is 33.6 Å². The molecule has 0 bridgehead atoms. The fourth-order valence-corrected chi connectivity index (χ4v) is 3.23. The Kier molecular flexibility index (Phi) is 3.84. The van der Waals surface area contributed by atoms with E-state index in [1.165, 1.54) is 0 Å². The molecule has 0 saturated carbocycles. The number of ether oxygens (including phenoxy) is 1. The molecule has 4 aromatic rings. The second kappa shape index (κ2) is 6.18. The molecule has 0 spiro atoms. The van der Waals surface area contributed by atoms with Gasteiger partial charge in [-0.05, 0) is 31.2 Å². The molecule has 7 heteroatoms. The number of carbonyl (C=O) groups is 1. The van der Waals surface area contributed by atoms with Crippen molar-refractivity contribution in [2.24, 2.45) is 7.05 Å². The maximum atomic E-state index is 12.9. The molecule has 0 aliphatic heterocycles. The van der Waals surface area contributed by atoms with Crippen molar-refractivity contribution in [1.82, 2.24) is 24.5 Å². The smallest absolute Gasteiger partial charge is 0.254 e. The third kappa shape index (κ3) is 2.48. The summed E-state index contributed by atoms with van der Waals surface area (Å²) in [4.78, 5) is 17.2. The van der Waals surface area contributed by atoms with Crippen molar-refractivity contribution in [3.63, 3.8) is 0 Å². The third-order valence-corrected chi connectivity index (χ3v) is 4.72. The van der Waals surface area contributed by atoms with Gasteiger partial charge in [-0.2, -0.15) is 5.10 Å².